The molecule has 0 radical (unpaired) electrons. The molecule has 0 aliphatic heterocycles. The second-order valence-electron chi connectivity index (χ2n) is 3.36. The molecule has 18 heavy (non-hydrogen) atoms. The molecule has 0 aliphatic carbocycles. The zero-order chi connectivity index (χ0) is 13.8. The molecule has 0 aliphatic rings. The van der Waals surface area contributed by atoms with E-state index >= 15 is 0 Å². The van der Waals surface area contributed by atoms with Crippen molar-refractivity contribution in [1.82, 2.24) is 4.72 Å². The van der Waals surface area contributed by atoms with E-state index < -0.39 is 20.2 Å². The van der Waals surface area contributed by atoms with Crippen LogP contribution in [-0.2, 0) is 20.2 Å². The average Bonchev–Trinajstić information content (AvgIpc) is 2.25. The molecule has 1 rings (SSSR count). The Labute approximate surface area is 106 Å². The molecule has 0 heterocycles. The second-order valence-corrected chi connectivity index (χ2v) is 6.42. The van der Waals surface area contributed by atoms with Crippen LogP contribution in [0.3, 0.4) is 0 Å². The van der Waals surface area contributed by atoms with Crippen molar-refractivity contribution in [3.8, 4) is 0 Å². The van der Waals surface area contributed by atoms with Gasteiger partial charge in [-0.1, -0.05) is 0 Å². The number of hydrogen-bond donors (Lipinski definition) is 4. The van der Waals surface area contributed by atoms with E-state index in [9.17, 15) is 16.8 Å². The van der Waals surface area contributed by atoms with E-state index in [0.717, 1.165) is 0 Å². The lowest BCUT2D eigenvalue weighted by molar-refractivity contribution is 0.587. The molecule has 0 unspecified atom stereocenters. The summed E-state index contributed by atoms with van der Waals surface area (Å²) >= 11 is 0. The molecule has 1 aromatic rings. The average molecular weight is 294 g/mol. The Balaban J connectivity index is 2.82. The van der Waals surface area contributed by atoms with Gasteiger partial charge in [0.1, 0.15) is 0 Å². The fraction of sp³-hybridized carbons (Fsp3) is 0.250. The summed E-state index contributed by atoms with van der Waals surface area (Å²) in [7, 11) is -7.49. The molecule has 8 nitrogen and oxygen atoms in total. The summed E-state index contributed by atoms with van der Waals surface area (Å²) in [5.74, 6) is 0. The van der Waals surface area contributed by atoms with Crippen molar-refractivity contribution in [2.75, 3.05) is 17.8 Å². The summed E-state index contributed by atoms with van der Waals surface area (Å²) in [5.41, 5.74) is 5.38. The molecule has 10 heteroatoms. The van der Waals surface area contributed by atoms with Crippen molar-refractivity contribution >= 4 is 25.9 Å². The first-order valence-electron chi connectivity index (χ1n) is 4.85. The van der Waals surface area contributed by atoms with Crippen LogP contribution in [0.25, 0.3) is 0 Å². The van der Waals surface area contributed by atoms with Gasteiger partial charge >= 0.3 is 0 Å². The van der Waals surface area contributed by atoms with Gasteiger partial charge in [0, 0.05) is 18.8 Å². The van der Waals surface area contributed by atoms with Crippen LogP contribution in [0.5, 0.6) is 0 Å². The number of nitrogens with two attached hydrogens (primary N) is 2. The minimum absolute atomic E-state index is 0.0969. The standard InChI is InChI=1S/C8H14N4O4S2/c9-5-6-11-18(15,16)12-7-1-3-8(4-2-7)17(10,13)14/h1-4,11-12H,5-6,9H2,(H2,10,13,14). The summed E-state index contributed by atoms with van der Waals surface area (Å²) in [6.45, 7) is 0.274. The highest BCUT2D eigenvalue weighted by Gasteiger charge is 2.10. The van der Waals surface area contributed by atoms with E-state index in [2.05, 4.69) is 9.44 Å². The van der Waals surface area contributed by atoms with Gasteiger partial charge < -0.3 is 5.73 Å². The van der Waals surface area contributed by atoms with Crippen LogP contribution in [0.4, 0.5) is 5.69 Å². The smallest absolute Gasteiger partial charge is 0.299 e. The van der Waals surface area contributed by atoms with Crippen molar-refractivity contribution in [1.29, 1.82) is 0 Å². The van der Waals surface area contributed by atoms with Crippen molar-refractivity contribution in [3.63, 3.8) is 0 Å². The SMILES string of the molecule is NCCNS(=O)(=O)Nc1ccc(S(N)(=O)=O)cc1. The Morgan fingerprint density at radius 1 is 1.06 bits per heavy atom. The lowest BCUT2D eigenvalue weighted by Gasteiger charge is -2.08. The molecule has 102 valence electrons. The van der Waals surface area contributed by atoms with Crippen LogP contribution in [0, 0.1) is 0 Å². The van der Waals surface area contributed by atoms with Gasteiger partial charge in [-0.15, -0.1) is 0 Å². The minimum atomic E-state index is -3.79. The van der Waals surface area contributed by atoms with E-state index in [1.807, 2.05) is 0 Å². The number of rotatable bonds is 6. The quantitative estimate of drug-likeness (QED) is 0.506. The lowest BCUT2D eigenvalue weighted by Crippen LogP contribution is -2.33. The van der Waals surface area contributed by atoms with Crippen LogP contribution in [0.1, 0.15) is 0 Å². The van der Waals surface area contributed by atoms with E-state index in [1.54, 1.807) is 0 Å². The number of benzene rings is 1. The molecule has 6 N–H and O–H groups in total. The fourth-order valence-corrected chi connectivity index (χ4v) is 2.52. The monoisotopic (exact) mass is 294 g/mol. The predicted molar refractivity (Wildman–Crippen MR) is 67.4 cm³/mol. The maximum Gasteiger partial charge on any atom is 0.299 e. The molecule has 0 amide bonds. The lowest BCUT2D eigenvalue weighted by atomic mass is 10.3. The first-order valence-corrected chi connectivity index (χ1v) is 7.88. The van der Waals surface area contributed by atoms with E-state index in [4.69, 9.17) is 10.9 Å². The number of primary sulfonamides is 1. The molecule has 0 atom stereocenters. The first-order chi connectivity index (χ1) is 8.24. The Morgan fingerprint density at radius 3 is 2.06 bits per heavy atom. The number of hydrogen-bond acceptors (Lipinski definition) is 5. The maximum atomic E-state index is 11.4. The second kappa shape index (κ2) is 5.63. The van der Waals surface area contributed by atoms with Crippen molar-refractivity contribution < 1.29 is 16.8 Å². The molecule has 0 saturated carbocycles. The summed E-state index contributed by atoms with van der Waals surface area (Å²) in [4.78, 5) is -0.0969. The number of anilines is 1. The number of sulfonamides is 1. The highest BCUT2D eigenvalue weighted by atomic mass is 32.2. The van der Waals surface area contributed by atoms with Crippen LogP contribution in [0.15, 0.2) is 29.2 Å². The third kappa shape index (κ3) is 4.58. The van der Waals surface area contributed by atoms with Gasteiger partial charge in [-0.25, -0.2) is 13.6 Å². The Hall–Kier alpha value is -1.20. The molecule has 0 fully saturated rings. The van der Waals surface area contributed by atoms with Crippen LogP contribution in [0.2, 0.25) is 0 Å². The molecular weight excluding hydrogens is 280 g/mol. The first kappa shape index (κ1) is 14.9. The Morgan fingerprint density at radius 2 is 1.61 bits per heavy atom. The van der Waals surface area contributed by atoms with Gasteiger partial charge in [-0.05, 0) is 24.3 Å². The molecule has 0 spiro atoms. The van der Waals surface area contributed by atoms with Crippen molar-refractivity contribution in [2.45, 2.75) is 4.90 Å². The normalized spacial score (nSPS) is 12.3. The maximum absolute atomic E-state index is 11.4. The van der Waals surface area contributed by atoms with Crippen LogP contribution >= 0.6 is 0 Å². The van der Waals surface area contributed by atoms with Crippen LogP contribution < -0.4 is 20.3 Å². The zero-order valence-electron chi connectivity index (χ0n) is 9.33. The van der Waals surface area contributed by atoms with E-state index in [1.165, 1.54) is 24.3 Å². The summed E-state index contributed by atoms with van der Waals surface area (Å²) < 4.78 is 49.2. The molecule has 0 aromatic heterocycles. The van der Waals surface area contributed by atoms with Gasteiger partial charge in [-0.2, -0.15) is 13.1 Å². The van der Waals surface area contributed by atoms with Crippen molar-refractivity contribution in [2.24, 2.45) is 10.9 Å². The third-order valence-corrected chi connectivity index (χ3v) is 3.89. The van der Waals surface area contributed by atoms with Crippen molar-refractivity contribution in [3.05, 3.63) is 24.3 Å². The van der Waals surface area contributed by atoms with Gasteiger partial charge in [-0.3, -0.25) is 4.72 Å². The van der Waals surface area contributed by atoms with Gasteiger partial charge in [0.25, 0.3) is 10.2 Å². The topological polar surface area (TPSA) is 144 Å². The van der Waals surface area contributed by atoms with Gasteiger partial charge in [0.05, 0.1) is 4.90 Å². The van der Waals surface area contributed by atoms with E-state index in [0.29, 0.717) is 0 Å². The van der Waals surface area contributed by atoms with E-state index in [-0.39, 0.29) is 23.7 Å². The Bertz CT molecular complexity index is 594. The predicted octanol–water partition coefficient (Wildman–Crippen LogP) is -1.46. The minimum Gasteiger partial charge on any atom is -0.329 e. The molecule has 0 bridgehead atoms. The van der Waals surface area contributed by atoms with Crippen LogP contribution in [-0.4, -0.2) is 29.9 Å². The number of nitrogens with one attached hydrogen (secondary N) is 2. The summed E-state index contributed by atoms with van der Waals surface area (Å²) in [5, 5.41) is 4.91. The summed E-state index contributed by atoms with van der Waals surface area (Å²) in [6, 6.07) is 5.00. The van der Waals surface area contributed by atoms with Gasteiger partial charge in [0.2, 0.25) is 10.0 Å². The highest BCUT2D eigenvalue weighted by Crippen LogP contribution is 2.13. The molecular formula is C8H14N4O4S2. The van der Waals surface area contributed by atoms with Gasteiger partial charge in [0.15, 0.2) is 0 Å². The molecule has 0 saturated heterocycles. The Kier molecular flexibility index (Phi) is 4.65. The summed E-state index contributed by atoms with van der Waals surface area (Å²) in [6.07, 6.45) is 0. The largest absolute Gasteiger partial charge is 0.329 e. The fourth-order valence-electron chi connectivity index (χ4n) is 1.10. The molecule has 1 aromatic carbocycles. The third-order valence-electron chi connectivity index (χ3n) is 1.87. The highest BCUT2D eigenvalue weighted by molar-refractivity contribution is 7.90. The zero-order valence-corrected chi connectivity index (χ0v) is 11.0.